The number of aliphatic hydroxyl groups excluding tert-OH is 1. The van der Waals surface area contributed by atoms with E-state index in [1.807, 2.05) is 44.2 Å². The number of oxazole rings is 1. The van der Waals surface area contributed by atoms with Crippen molar-refractivity contribution in [3.8, 4) is 17.3 Å². The predicted octanol–water partition coefficient (Wildman–Crippen LogP) is 3.42. The third-order valence-electron chi connectivity index (χ3n) is 11.1. The van der Waals surface area contributed by atoms with Crippen LogP contribution in [0.4, 0.5) is 5.69 Å². The first-order valence-electron chi connectivity index (χ1n) is 25.2. The molecule has 0 bridgehead atoms. The van der Waals surface area contributed by atoms with Gasteiger partial charge in [-0.2, -0.15) is 5.10 Å². The van der Waals surface area contributed by atoms with Gasteiger partial charge in [0.1, 0.15) is 35.4 Å². The van der Waals surface area contributed by atoms with Gasteiger partial charge in [0.2, 0.25) is 11.8 Å². The highest BCUT2D eigenvalue weighted by molar-refractivity contribution is 6.03. The van der Waals surface area contributed by atoms with Gasteiger partial charge in [0.05, 0.1) is 112 Å². The van der Waals surface area contributed by atoms with Crippen LogP contribution in [-0.2, 0) is 61.0 Å². The zero-order chi connectivity index (χ0) is 53.5. The highest BCUT2D eigenvalue weighted by Crippen LogP contribution is 2.25. The summed E-state index contributed by atoms with van der Waals surface area (Å²) in [7, 11) is 1.54. The summed E-state index contributed by atoms with van der Waals surface area (Å²) < 4.78 is 56.9. The number of carbonyl (C=O) groups excluding carboxylic acids is 3. The molecular formula is C53H73N7O15. The molecule has 0 aliphatic heterocycles. The van der Waals surface area contributed by atoms with E-state index in [9.17, 15) is 24.3 Å². The Balaban J connectivity index is 0.744. The largest absolute Gasteiger partial charge is 0.490 e. The summed E-state index contributed by atoms with van der Waals surface area (Å²) in [6, 6.07) is 19.9. The molecule has 0 radical (unpaired) electrons. The van der Waals surface area contributed by atoms with Crippen LogP contribution in [-0.4, -0.2) is 173 Å². The Labute approximate surface area is 436 Å². The van der Waals surface area contributed by atoms with Crippen LogP contribution >= 0.6 is 0 Å². The van der Waals surface area contributed by atoms with E-state index in [2.05, 4.69) is 25.7 Å². The van der Waals surface area contributed by atoms with E-state index in [1.54, 1.807) is 37.4 Å². The number of hydrogen-bond donors (Lipinski definition) is 4. The summed E-state index contributed by atoms with van der Waals surface area (Å²) in [4.78, 5) is 58.9. The van der Waals surface area contributed by atoms with Crippen molar-refractivity contribution in [3.63, 3.8) is 0 Å². The van der Waals surface area contributed by atoms with Gasteiger partial charge in [-0.15, -0.1) is 0 Å². The van der Waals surface area contributed by atoms with Crippen LogP contribution in [0.5, 0.6) is 5.75 Å². The SMILES string of the molecule is CC(C)C[C@H](CC(=O)[C@@H](O)[C@H](N)Cc1ccccc1)C(=O)NCCOCCOCCOCCOCCOCCOCCOCCOCCOc1ccc(C(=O)Nc2ccc3oc(-c4ccc(=O)n(C)n4)nc3c2)nc1. The summed E-state index contributed by atoms with van der Waals surface area (Å²) in [5.41, 5.74) is 8.94. The molecule has 5 rings (SSSR count). The second-order valence-corrected chi connectivity index (χ2v) is 17.5. The van der Waals surface area contributed by atoms with E-state index in [1.165, 1.54) is 23.0 Å². The van der Waals surface area contributed by atoms with E-state index in [4.69, 9.17) is 52.8 Å². The number of amides is 2. The number of nitrogens with zero attached hydrogens (tertiary/aromatic N) is 4. The second-order valence-electron chi connectivity index (χ2n) is 17.5. The van der Waals surface area contributed by atoms with Crippen molar-refractivity contribution in [1.29, 1.82) is 0 Å². The molecule has 22 heteroatoms. The lowest BCUT2D eigenvalue weighted by molar-refractivity contribution is -0.134. The number of aliphatic hydroxyl groups is 1. The molecule has 75 heavy (non-hydrogen) atoms. The predicted molar refractivity (Wildman–Crippen MR) is 276 cm³/mol. The Bertz CT molecular complexity index is 2470. The van der Waals surface area contributed by atoms with Crippen molar-refractivity contribution in [2.24, 2.45) is 24.6 Å². The maximum Gasteiger partial charge on any atom is 0.274 e. The number of aryl methyl sites for hydroxylation is 1. The molecule has 0 saturated heterocycles. The van der Waals surface area contributed by atoms with Crippen LogP contribution in [0.25, 0.3) is 22.7 Å². The van der Waals surface area contributed by atoms with Gasteiger partial charge in [-0.1, -0.05) is 44.2 Å². The molecule has 2 aromatic carbocycles. The molecule has 410 valence electrons. The lowest BCUT2D eigenvalue weighted by Crippen LogP contribution is -2.44. The highest BCUT2D eigenvalue weighted by atomic mass is 16.6. The monoisotopic (exact) mass is 1050 g/mol. The van der Waals surface area contributed by atoms with E-state index in [-0.39, 0.29) is 41.9 Å². The van der Waals surface area contributed by atoms with E-state index in [0.717, 1.165) is 5.56 Å². The molecule has 3 heterocycles. The van der Waals surface area contributed by atoms with Crippen LogP contribution in [0.3, 0.4) is 0 Å². The zero-order valence-corrected chi connectivity index (χ0v) is 43.2. The number of ether oxygens (including phenoxy) is 9. The Morgan fingerprint density at radius 2 is 1.29 bits per heavy atom. The first kappa shape index (κ1) is 59.8. The highest BCUT2D eigenvalue weighted by Gasteiger charge is 2.29. The minimum absolute atomic E-state index is 0.0782. The molecule has 0 spiro atoms. The maximum atomic E-state index is 12.9. The number of carbonyl (C=O) groups is 3. The smallest absolute Gasteiger partial charge is 0.274 e. The van der Waals surface area contributed by atoms with Crippen LogP contribution in [0.15, 0.2) is 88.2 Å². The lowest BCUT2D eigenvalue weighted by atomic mass is 9.88. The Morgan fingerprint density at radius 1 is 0.720 bits per heavy atom. The number of ketones is 1. The maximum absolute atomic E-state index is 12.9. The summed E-state index contributed by atoms with van der Waals surface area (Å²) in [5.74, 6) is -0.720. The number of fused-ring (bicyclic) bond motifs is 1. The number of anilines is 1. The average molecular weight is 1050 g/mol. The Morgan fingerprint density at radius 3 is 1.84 bits per heavy atom. The number of nitrogens with one attached hydrogen (secondary N) is 2. The summed E-state index contributed by atoms with van der Waals surface area (Å²) in [5, 5.41) is 20.4. The zero-order valence-electron chi connectivity index (χ0n) is 43.2. The quantitative estimate of drug-likeness (QED) is 0.0409. The normalized spacial score (nSPS) is 12.7. The van der Waals surface area contributed by atoms with Gasteiger partial charge < -0.3 is 68.5 Å². The summed E-state index contributed by atoms with van der Waals surface area (Å²) in [6.45, 7) is 11.0. The minimum Gasteiger partial charge on any atom is -0.490 e. The molecule has 0 saturated carbocycles. The van der Waals surface area contributed by atoms with E-state index >= 15 is 0 Å². The Hall–Kier alpha value is -6.05. The lowest BCUT2D eigenvalue weighted by Gasteiger charge is -2.22. The van der Waals surface area contributed by atoms with Gasteiger partial charge in [0.25, 0.3) is 11.5 Å². The van der Waals surface area contributed by atoms with Gasteiger partial charge in [0, 0.05) is 43.7 Å². The number of nitrogens with two attached hydrogens (primary N) is 1. The van der Waals surface area contributed by atoms with Crippen molar-refractivity contribution in [3.05, 3.63) is 101 Å². The van der Waals surface area contributed by atoms with E-state index in [0.29, 0.717) is 153 Å². The van der Waals surface area contributed by atoms with Crippen molar-refractivity contribution in [2.75, 3.05) is 124 Å². The molecule has 0 aliphatic rings. The number of benzene rings is 2. The van der Waals surface area contributed by atoms with Gasteiger partial charge in [0.15, 0.2) is 11.4 Å². The minimum atomic E-state index is -1.35. The molecule has 3 atom stereocenters. The third-order valence-corrected chi connectivity index (χ3v) is 11.1. The van der Waals surface area contributed by atoms with Gasteiger partial charge in [-0.25, -0.2) is 14.6 Å². The fourth-order valence-corrected chi connectivity index (χ4v) is 7.23. The molecule has 22 nitrogen and oxygen atoms in total. The first-order chi connectivity index (χ1) is 36.5. The molecule has 0 unspecified atom stereocenters. The summed E-state index contributed by atoms with van der Waals surface area (Å²) in [6.07, 6.45) is 0.915. The molecule has 3 aromatic heterocycles. The topological polar surface area (TPSA) is 278 Å². The third kappa shape index (κ3) is 23.2. The molecule has 5 N–H and O–H groups in total. The van der Waals surface area contributed by atoms with Crippen molar-refractivity contribution in [1.82, 2.24) is 25.1 Å². The van der Waals surface area contributed by atoms with Gasteiger partial charge in [-0.3, -0.25) is 19.2 Å². The van der Waals surface area contributed by atoms with Crippen molar-refractivity contribution < 1.29 is 66.5 Å². The molecular weight excluding hydrogens is 975 g/mol. The molecule has 2 amide bonds. The summed E-state index contributed by atoms with van der Waals surface area (Å²) >= 11 is 0. The van der Waals surface area contributed by atoms with Crippen LogP contribution < -0.4 is 26.7 Å². The van der Waals surface area contributed by atoms with Crippen LogP contribution in [0.1, 0.15) is 42.7 Å². The van der Waals surface area contributed by atoms with Gasteiger partial charge in [-0.05, 0) is 60.7 Å². The van der Waals surface area contributed by atoms with Crippen LogP contribution in [0.2, 0.25) is 0 Å². The Kier molecular flexibility index (Phi) is 27.5. The molecule has 5 aromatic rings. The number of Topliss-reactive ketones (excluding diaryl/α,β-unsaturated/α-hetero) is 1. The van der Waals surface area contributed by atoms with E-state index < -0.39 is 29.8 Å². The number of pyridine rings is 1. The fourth-order valence-electron chi connectivity index (χ4n) is 7.23. The van der Waals surface area contributed by atoms with Crippen molar-refractivity contribution in [2.45, 2.75) is 45.3 Å². The number of rotatable bonds is 40. The first-order valence-corrected chi connectivity index (χ1v) is 25.2. The van der Waals surface area contributed by atoms with Gasteiger partial charge >= 0.3 is 0 Å². The molecule has 0 fully saturated rings. The average Bonchev–Trinajstić information content (AvgIpc) is 3.83. The van der Waals surface area contributed by atoms with Crippen LogP contribution in [0, 0.1) is 11.8 Å². The molecule has 0 aliphatic carbocycles. The van der Waals surface area contributed by atoms with Crippen molar-refractivity contribution >= 4 is 34.4 Å². The number of hydrogen-bond acceptors (Lipinski definition) is 19. The number of aromatic nitrogens is 4. The standard InChI is InChI=1S/C53H73N7O15/c1-38(2)33-40(35-47(61)50(63)43(54)34-39-7-5-4-6-8-39)51(64)55-15-16-66-17-18-67-19-20-68-21-22-69-23-24-70-25-26-71-27-28-72-29-30-73-31-32-74-42-10-11-44(56-37-42)52(65)57-41-9-13-48-46(36-41)58-53(75-48)45-12-14-49(62)60(3)59-45/h4-14,36-38,40,43,50,63H,15-35,54H2,1-3H3,(H,55,64)(H,57,65)/t40-,43-,50+/m1/s1. The fraction of sp³-hybridized carbons (Fsp3) is 0.528. The second kappa shape index (κ2) is 34.5.